The van der Waals surface area contributed by atoms with Crippen molar-refractivity contribution < 1.29 is 9.84 Å². The van der Waals surface area contributed by atoms with E-state index in [1.165, 1.54) is 0 Å². The molecular formula is C16H20N2O2. The maximum absolute atomic E-state index is 9.44. The highest BCUT2D eigenvalue weighted by atomic mass is 16.5. The topological polar surface area (TPSA) is 45.6 Å². The van der Waals surface area contributed by atoms with Gasteiger partial charge in [0.15, 0.2) is 0 Å². The molecule has 1 fully saturated rings. The molecule has 0 radical (unpaired) electrons. The molecule has 1 saturated heterocycles. The van der Waals surface area contributed by atoms with Crippen molar-refractivity contribution in [3.05, 3.63) is 36.0 Å². The Hall–Kier alpha value is -1.65. The maximum atomic E-state index is 9.44. The molecule has 1 unspecified atom stereocenters. The van der Waals surface area contributed by atoms with Gasteiger partial charge in [-0.3, -0.25) is 4.98 Å². The van der Waals surface area contributed by atoms with Crippen molar-refractivity contribution in [1.29, 1.82) is 0 Å². The Morgan fingerprint density at radius 3 is 3.05 bits per heavy atom. The van der Waals surface area contributed by atoms with E-state index >= 15 is 0 Å². The first-order valence-corrected chi connectivity index (χ1v) is 7.17. The number of hydrogen-bond acceptors (Lipinski definition) is 4. The van der Waals surface area contributed by atoms with Gasteiger partial charge in [-0.05, 0) is 18.6 Å². The fourth-order valence-electron chi connectivity index (χ4n) is 2.84. The van der Waals surface area contributed by atoms with Crippen LogP contribution in [0.1, 0.15) is 19.0 Å². The quantitative estimate of drug-likeness (QED) is 0.931. The van der Waals surface area contributed by atoms with Crippen LogP contribution in [0.5, 0.6) is 0 Å². The molecule has 106 valence electrons. The van der Waals surface area contributed by atoms with Crippen molar-refractivity contribution in [2.75, 3.05) is 24.7 Å². The van der Waals surface area contributed by atoms with Gasteiger partial charge in [0.1, 0.15) is 0 Å². The molecule has 0 bridgehead atoms. The van der Waals surface area contributed by atoms with Crippen molar-refractivity contribution in [2.45, 2.75) is 26.0 Å². The van der Waals surface area contributed by atoms with Crippen molar-refractivity contribution in [3.63, 3.8) is 0 Å². The highest BCUT2D eigenvalue weighted by Gasteiger charge is 2.23. The summed E-state index contributed by atoms with van der Waals surface area (Å²) in [5.41, 5.74) is 2.82. The Kier molecular flexibility index (Phi) is 3.85. The lowest BCUT2D eigenvalue weighted by molar-refractivity contribution is 0.0931. The third kappa shape index (κ3) is 2.37. The number of morpholine rings is 1. The zero-order chi connectivity index (χ0) is 13.9. The molecule has 1 N–H and O–H groups in total. The molecule has 2 aromatic rings. The fourth-order valence-corrected chi connectivity index (χ4v) is 2.84. The molecule has 4 heteroatoms. The number of hydrogen-bond donors (Lipinski definition) is 1. The lowest BCUT2D eigenvalue weighted by Gasteiger charge is -2.37. The molecule has 1 aromatic carbocycles. The van der Waals surface area contributed by atoms with Crippen LogP contribution in [0.25, 0.3) is 10.9 Å². The summed E-state index contributed by atoms with van der Waals surface area (Å²) >= 11 is 0. The maximum Gasteiger partial charge on any atom is 0.0854 e. The molecule has 0 spiro atoms. The molecule has 3 rings (SSSR count). The van der Waals surface area contributed by atoms with E-state index in [2.05, 4.69) is 22.9 Å². The molecule has 2 heterocycles. The van der Waals surface area contributed by atoms with Gasteiger partial charge in [-0.1, -0.05) is 25.1 Å². The molecule has 0 saturated carbocycles. The number of benzene rings is 1. The number of para-hydroxylation sites is 1. The highest BCUT2D eigenvalue weighted by Crippen LogP contribution is 2.30. The molecule has 1 aromatic heterocycles. The zero-order valence-corrected chi connectivity index (χ0v) is 11.7. The number of pyridine rings is 1. The van der Waals surface area contributed by atoms with E-state index in [0.29, 0.717) is 6.04 Å². The van der Waals surface area contributed by atoms with Crippen LogP contribution in [0.4, 0.5) is 5.69 Å². The van der Waals surface area contributed by atoms with Crippen LogP contribution in [0.15, 0.2) is 30.3 Å². The van der Waals surface area contributed by atoms with E-state index in [4.69, 9.17) is 4.74 Å². The lowest BCUT2D eigenvalue weighted by Crippen LogP contribution is -2.45. The Bertz CT molecular complexity index is 600. The standard InChI is InChI=1S/C16H20N2O2/c1-2-13-11-20-8-7-18(13)16-9-12(10-19)17-15-6-4-3-5-14(15)16/h3-6,9,13,19H,2,7-8,10-11H2,1H3. The molecule has 1 atom stereocenters. The minimum Gasteiger partial charge on any atom is -0.390 e. The monoisotopic (exact) mass is 272 g/mol. The smallest absolute Gasteiger partial charge is 0.0854 e. The molecule has 0 amide bonds. The van der Waals surface area contributed by atoms with E-state index < -0.39 is 0 Å². The minimum absolute atomic E-state index is 0.0288. The van der Waals surface area contributed by atoms with Gasteiger partial charge in [0.2, 0.25) is 0 Å². The summed E-state index contributed by atoms with van der Waals surface area (Å²) in [5, 5.41) is 10.6. The number of rotatable bonds is 3. The van der Waals surface area contributed by atoms with Gasteiger partial charge in [-0.25, -0.2) is 0 Å². The number of ether oxygens (including phenoxy) is 1. The summed E-state index contributed by atoms with van der Waals surface area (Å²) in [6.45, 7) is 4.56. The third-order valence-electron chi connectivity index (χ3n) is 3.92. The Morgan fingerprint density at radius 1 is 1.40 bits per heavy atom. The largest absolute Gasteiger partial charge is 0.390 e. The van der Waals surface area contributed by atoms with Crippen LogP contribution in [0.2, 0.25) is 0 Å². The fraction of sp³-hybridized carbons (Fsp3) is 0.438. The first kappa shape index (κ1) is 13.3. The molecule has 1 aliphatic rings. The molecular weight excluding hydrogens is 252 g/mol. The number of aliphatic hydroxyl groups is 1. The second kappa shape index (κ2) is 5.77. The predicted molar refractivity (Wildman–Crippen MR) is 79.9 cm³/mol. The van der Waals surface area contributed by atoms with E-state index in [9.17, 15) is 5.11 Å². The average molecular weight is 272 g/mol. The number of nitrogens with zero attached hydrogens (tertiary/aromatic N) is 2. The summed E-state index contributed by atoms with van der Waals surface area (Å²) < 4.78 is 5.59. The van der Waals surface area contributed by atoms with Crippen molar-refractivity contribution in [3.8, 4) is 0 Å². The van der Waals surface area contributed by atoms with Crippen molar-refractivity contribution in [2.24, 2.45) is 0 Å². The summed E-state index contributed by atoms with van der Waals surface area (Å²) in [6.07, 6.45) is 1.05. The van der Waals surface area contributed by atoms with E-state index in [0.717, 1.165) is 48.5 Å². The predicted octanol–water partition coefficient (Wildman–Crippen LogP) is 2.34. The van der Waals surface area contributed by atoms with Crippen LogP contribution in [-0.4, -0.2) is 35.9 Å². The first-order valence-electron chi connectivity index (χ1n) is 7.17. The molecule has 0 aliphatic carbocycles. The van der Waals surface area contributed by atoms with Gasteiger partial charge in [0, 0.05) is 17.6 Å². The number of anilines is 1. The van der Waals surface area contributed by atoms with Gasteiger partial charge in [-0.15, -0.1) is 0 Å². The van der Waals surface area contributed by atoms with Gasteiger partial charge in [-0.2, -0.15) is 0 Å². The van der Waals surface area contributed by atoms with Crippen molar-refractivity contribution in [1.82, 2.24) is 4.98 Å². The van der Waals surface area contributed by atoms with E-state index in [1.54, 1.807) is 0 Å². The van der Waals surface area contributed by atoms with Crippen LogP contribution in [0.3, 0.4) is 0 Å². The third-order valence-corrected chi connectivity index (χ3v) is 3.92. The summed E-state index contributed by atoms with van der Waals surface area (Å²) in [5.74, 6) is 0. The SMILES string of the molecule is CCC1COCCN1c1cc(CO)nc2ccccc12. The summed E-state index contributed by atoms with van der Waals surface area (Å²) in [7, 11) is 0. The van der Waals surface area contributed by atoms with Crippen LogP contribution in [-0.2, 0) is 11.3 Å². The van der Waals surface area contributed by atoms with E-state index in [1.807, 2.05) is 24.3 Å². The van der Waals surface area contributed by atoms with Crippen LogP contribution in [0, 0.1) is 0 Å². The second-order valence-electron chi connectivity index (χ2n) is 5.14. The minimum atomic E-state index is -0.0288. The van der Waals surface area contributed by atoms with Gasteiger partial charge in [0.25, 0.3) is 0 Å². The molecule has 4 nitrogen and oxygen atoms in total. The number of fused-ring (bicyclic) bond motifs is 1. The Labute approximate surface area is 119 Å². The second-order valence-corrected chi connectivity index (χ2v) is 5.14. The summed E-state index contributed by atoms with van der Waals surface area (Å²) in [4.78, 5) is 6.89. The number of aromatic nitrogens is 1. The lowest BCUT2D eigenvalue weighted by atomic mass is 10.1. The van der Waals surface area contributed by atoms with Crippen LogP contribution >= 0.6 is 0 Å². The zero-order valence-electron chi connectivity index (χ0n) is 11.7. The molecule has 20 heavy (non-hydrogen) atoms. The van der Waals surface area contributed by atoms with E-state index in [-0.39, 0.29) is 6.61 Å². The highest BCUT2D eigenvalue weighted by molar-refractivity contribution is 5.92. The average Bonchev–Trinajstić information content (AvgIpc) is 2.53. The number of aliphatic hydroxyl groups excluding tert-OH is 1. The first-order chi connectivity index (χ1) is 9.83. The summed E-state index contributed by atoms with van der Waals surface area (Å²) in [6, 6.07) is 10.5. The Morgan fingerprint density at radius 2 is 2.25 bits per heavy atom. The van der Waals surface area contributed by atoms with Crippen molar-refractivity contribution >= 4 is 16.6 Å². The van der Waals surface area contributed by atoms with Crippen LogP contribution < -0.4 is 4.90 Å². The Balaban J connectivity index is 2.13. The van der Waals surface area contributed by atoms with Gasteiger partial charge in [0.05, 0.1) is 37.1 Å². The van der Waals surface area contributed by atoms with Gasteiger partial charge < -0.3 is 14.7 Å². The molecule has 1 aliphatic heterocycles. The van der Waals surface area contributed by atoms with Gasteiger partial charge >= 0.3 is 0 Å². The normalized spacial score (nSPS) is 19.5.